The molecular weight excluding hydrogens is 230 g/mol. The molecule has 18 heavy (non-hydrogen) atoms. The lowest BCUT2D eigenvalue weighted by atomic mass is 9.94. The van der Waals surface area contributed by atoms with Gasteiger partial charge in [-0.05, 0) is 50.6 Å². The predicted molar refractivity (Wildman–Crippen MR) is 68.9 cm³/mol. The molecule has 4 nitrogen and oxygen atoms in total. The quantitative estimate of drug-likeness (QED) is 0.854. The van der Waals surface area contributed by atoms with Gasteiger partial charge in [-0.15, -0.1) is 0 Å². The zero-order chi connectivity index (χ0) is 13.0. The maximum atomic E-state index is 10.6. The van der Waals surface area contributed by atoms with Crippen molar-refractivity contribution in [2.24, 2.45) is 0 Å². The monoisotopic (exact) mass is 249 g/mol. The van der Waals surface area contributed by atoms with Crippen molar-refractivity contribution in [3.05, 3.63) is 29.8 Å². The van der Waals surface area contributed by atoms with Gasteiger partial charge in [-0.1, -0.05) is 12.1 Å². The van der Waals surface area contributed by atoms with Crippen LogP contribution in [0.25, 0.3) is 0 Å². The molecule has 98 valence electrons. The minimum atomic E-state index is -0.811. The fourth-order valence-corrected chi connectivity index (χ4v) is 2.19. The SMILES string of the molecule is CC1(Oc2ccc(CC(=O)O)cc2)CCNCC1. The molecule has 1 aliphatic heterocycles. The fourth-order valence-electron chi connectivity index (χ4n) is 2.19. The summed E-state index contributed by atoms with van der Waals surface area (Å²) in [5, 5.41) is 12.0. The van der Waals surface area contributed by atoms with Gasteiger partial charge in [-0.25, -0.2) is 0 Å². The molecule has 1 aromatic rings. The largest absolute Gasteiger partial charge is 0.487 e. The first-order chi connectivity index (χ1) is 8.57. The number of carboxylic acids is 1. The van der Waals surface area contributed by atoms with Crippen molar-refractivity contribution in [3.63, 3.8) is 0 Å². The van der Waals surface area contributed by atoms with Crippen molar-refractivity contribution in [1.82, 2.24) is 5.32 Å². The number of ether oxygens (including phenoxy) is 1. The third-order valence-electron chi connectivity index (χ3n) is 3.30. The molecule has 0 bridgehead atoms. The molecule has 0 aliphatic carbocycles. The van der Waals surface area contributed by atoms with Gasteiger partial charge in [0.2, 0.25) is 0 Å². The second-order valence-corrected chi connectivity index (χ2v) is 5.02. The topological polar surface area (TPSA) is 58.6 Å². The van der Waals surface area contributed by atoms with Gasteiger partial charge in [-0.2, -0.15) is 0 Å². The smallest absolute Gasteiger partial charge is 0.307 e. The Kier molecular flexibility index (Phi) is 3.87. The van der Waals surface area contributed by atoms with Crippen LogP contribution in [-0.2, 0) is 11.2 Å². The van der Waals surface area contributed by atoms with Gasteiger partial charge in [-0.3, -0.25) is 4.79 Å². The first-order valence-corrected chi connectivity index (χ1v) is 6.28. The average molecular weight is 249 g/mol. The third kappa shape index (κ3) is 3.47. The molecule has 1 fully saturated rings. The Morgan fingerprint density at radius 3 is 2.50 bits per heavy atom. The third-order valence-corrected chi connectivity index (χ3v) is 3.30. The number of rotatable bonds is 4. The summed E-state index contributed by atoms with van der Waals surface area (Å²) in [4.78, 5) is 10.6. The van der Waals surface area contributed by atoms with E-state index < -0.39 is 5.97 Å². The van der Waals surface area contributed by atoms with E-state index in [0.717, 1.165) is 37.2 Å². The standard InChI is InChI=1S/C14H19NO3/c1-14(6-8-15-9-7-14)18-12-4-2-11(3-5-12)10-13(16)17/h2-5,15H,6-10H2,1H3,(H,16,17). The van der Waals surface area contributed by atoms with E-state index in [-0.39, 0.29) is 12.0 Å². The minimum Gasteiger partial charge on any atom is -0.487 e. The van der Waals surface area contributed by atoms with Crippen LogP contribution in [0.1, 0.15) is 25.3 Å². The Balaban J connectivity index is 1.99. The Morgan fingerprint density at radius 2 is 1.94 bits per heavy atom. The summed E-state index contributed by atoms with van der Waals surface area (Å²) in [5.41, 5.74) is 0.685. The number of benzene rings is 1. The van der Waals surface area contributed by atoms with Crippen molar-refractivity contribution < 1.29 is 14.6 Å². The van der Waals surface area contributed by atoms with E-state index >= 15 is 0 Å². The normalized spacial score (nSPS) is 18.3. The van der Waals surface area contributed by atoms with E-state index in [1.165, 1.54) is 0 Å². The molecule has 1 aromatic carbocycles. The molecule has 1 aliphatic rings. The molecule has 2 N–H and O–H groups in total. The van der Waals surface area contributed by atoms with E-state index in [1.807, 2.05) is 24.3 Å². The van der Waals surface area contributed by atoms with Crippen LogP contribution in [0.4, 0.5) is 0 Å². The number of hydrogen-bond acceptors (Lipinski definition) is 3. The van der Waals surface area contributed by atoms with Crippen LogP contribution in [-0.4, -0.2) is 29.8 Å². The van der Waals surface area contributed by atoms with Crippen molar-refractivity contribution in [2.75, 3.05) is 13.1 Å². The zero-order valence-corrected chi connectivity index (χ0v) is 10.6. The molecule has 0 amide bonds. The van der Waals surface area contributed by atoms with Gasteiger partial charge >= 0.3 is 5.97 Å². The summed E-state index contributed by atoms with van der Waals surface area (Å²) < 4.78 is 6.02. The molecule has 0 radical (unpaired) electrons. The van der Waals surface area contributed by atoms with Crippen LogP contribution in [0.3, 0.4) is 0 Å². The average Bonchev–Trinajstić information content (AvgIpc) is 2.31. The van der Waals surface area contributed by atoms with Gasteiger partial charge in [0.05, 0.1) is 6.42 Å². The second kappa shape index (κ2) is 5.40. The molecule has 1 heterocycles. The lowest BCUT2D eigenvalue weighted by molar-refractivity contribution is -0.136. The van der Waals surface area contributed by atoms with Crippen LogP contribution in [0.15, 0.2) is 24.3 Å². The molecular formula is C14H19NO3. The van der Waals surface area contributed by atoms with Crippen LogP contribution < -0.4 is 10.1 Å². The van der Waals surface area contributed by atoms with Gasteiger partial charge in [0.15, 0.2) is 0 Å². The number of aliphatic carboxylic acids is 1. The Morgan fingerprint density at radius 1 is 1.33 bits per heavy atom. The van der Waals surface area contributed by atoms with Crippen LogP contribution >= 0.6 is 0 Å². The molecule has 0 spiro atoms. The van der Waals surface area contributed by atoms with Crippen LogP contribution in [0, 0.1) is 0 Å². The summed E-state index contributed by atoms with van der Waals surface area (Å²) in [6.45, 7) is 4.08. The first kappa shape index (κ1) is 12.9. The molecule has 0 saturated carbocycles. The number of nitrogens with one attached hydrogen (secondary N) is 1. The summed E-state index contributed by atoms with van der Waals surface area (Å²) in [6, 6.07) is 7.33. The summed E-state index contributed by atoms with van der Waals surface area (Å²) in [6.07, 6.45) is 2.04. The molecule has 2 rings (SSSR count). The van der Waals surface area contributed by atoms with E-state index in [2.05, 4.69) is 12.2 Å². The number of piperidine rings is 1. The first-order valence-electron chi connectivity index (χ1n) is 6.28. The maximum absolute atomic E-state index is 10.6. The molecule has 0 aromatic heterocycles. The molecule has 1 saturated heterocycles. The van der Waals surface area contributed by atoms with Crippen molar-refractivity contribution in [2.45, 2.75) is 31.8 Å². The summed E-state index contributed by atoms with van der Waals surface area (Å²) >= 11 is 0. The molecule has 0 atom stereocenters. The van der Waals surface area contributed by atoms with Crippen molar-refractivity contribution in [3.8, 4) is 5.75 Å². The Labute approximate surface area is 107 Å². The van der Waals surface area contributed by atoms with E-state index in [4.69, 9.17) is 9.84 Å². The number of hydrogen-bond donors (Lipinski definition) is 2. The highest BCUT2D eigenvalue weighted by Crippen LogP contribution is 2.26. The van der Waals surface area contributed by atoms with Gasteiger partial charge < -0.3 is 15.2 Å². The molecule has 0 unspecified atom stereocenters. The van der Waals surface area contributed by atoms with Gasteiger partial charge in [0.25, 0.3) is 0 Å². The summed E-state index contributed by atoms with van der Waals surface area (Å²) in [5.74, 6) is 0.00234. The Bertz CT molecular complexity index is 408. The predicted octanol–water partition coefficient (Wildman–Crippen LogP) is 1.83. The van der Waals surface area contributed by atoms with Gasteiger partial charge in [0, 0.05) is 0 Å². The highest BCUT2D eigenvalue weighted by molar-refractivity contribution is 5.70. The van der Waals surface area contributed by atoms with Crippen molar-refractivity contribution in [1.29, 1.82) is 0 Å². The maximum Gasteiger partial charge on any atom is 0.307 e. The minimum absolute atomic E-state index is 0.0570. The second-order valence-electron chi connectivity index (χ2n) is 5.02. The van der Waals surface area contributed by atoms with Gasteiger partial charge in [0.1, 0.15) is 11.4 Å². The van der Waals surface area contributed by atoms with Crippen molar-refractivity contribution >= 4 is 5.97 Å². The van der Waals surface area contributed by atoms with Crippen LogP contribution in [0.2, 0.25) is 0 Å². The molecule has 4 heteroatoms. The van der Waals surface area contributed by atoms with E-state index in [1.54, 1.807) is 0 Å². The fraction of sp³-hybridized carbons (Fsp3) is 0.500. The van der Waals surface area contributed by atoms with E-state index in [9.17, 15) is 4.79 Å². The number of carboxylic acid groups (broad SMARTS) is 1. The highest BCUT2D eigenvalue weighted by Gasteiger charge is 2.28. The highest BCUT2D eigenvalue weighted by atomic mass is 16.5. The summed E-state index contributed by atoms with van der Waals surface area (Å²) in [7, 11) is 0. The number of carbonyl (C=O) groups is 1. The lowest BCUT2D eigenvalue weighted by Crippen LogP contribution is -2.43. The van der Waals surface area contributed by atoms with Crippen LogP contribution in [0.5, 0.6) is 5.75 Å². The Hall–Kier alpha value is -1.55. The van der Waals surface area contributed by atoms with E-state index in [0.29, 0.717) is 0 Å². The lowest BCUT2D eigenvalue weighted by Gasteiger charge is -2.34. The zero-order valence-electron chi connectivity index (χ0n) is 10.6.